The lowest BCUT2D eigenvalue weighted by molar-refractivity contribution is -0.127. The molecular weight excluding hydrogens is 420 g/mol. The van der Waals surface area contributed by atoms with Crippen LogP contribution in [0.1, 0.15) is 30.9 Å². The van der Waals surface area contributed by atoms with Gasteiger partial charge < -0.3 is 14.5 Å². The molecule has 2 unspecified atom stereocenters. The Bertz CT molecular complexity index is 1040. The summed E-state index contributed by atoms with van der Waals surface area (Å²) in [5.41, 5.74) is 4.95. The van der Waals surface area contributed by atoms with Crippen LogP contribution in [0.2, 0.25) is 0 Å². The third kappa shape index (κ3) is 5.14. The van der Waals surface area contributed by atoms with E-state index >= 15 is 0 Å². The predicted molar refractivity (Wildman–Crippen MR) is 126 cm³/mol. The molecule has 1 saturated heterocycles. The van der Waals surface area contributed by atoms with Gasteiger partial charge in [0.15, 0.2) is 12.2 Å². The Balaban J connectivity index is 1.38. The molecule has 0 saturated carbocycles. The maximum atomic E-state index is 12.5. The number of imide groups is 1. The van der Waals surface area contributed by atoms with Crippen molar-refractivity contribution in [1.82, 2.24) is 20.5 Å². The summed E-state index contributed by atoms with van der Waals surface area (Å²) in [4.78, 5) is 32.3. The quantitative estimate of drug-likeness (QED) is 0.478. The number of aliphatic imine (C=N–C) groups is 1. The number of hydrogen-bond donors (Lipinski definition) is 2. The third-order valence-electron chi connectivity index (χ3n) is 5.62. The molecule has 2 aromatic rings. The zero-order valence-electron chi connectivity index (χ0n) is 18.8. The third-order valence-corrected chi connectivity index (χ3v) is 5.62. The van der Waals surface area contributed by atoms with Crippen LogP contribution in [0.25, 0.3) is 0 Å². The van der Waals surface area contributed by atoms with Crippen molar-refractivity contribution in [3.8, 4) is 5.75 Å². The number of guanidine groups is 1. The van der Waals surface area contributed by atoms with E-state index in [1.165, 1.54) is 4.90 Å². The van der Waals surface area contributed by atoms with Gasteiger partial charge in [0, 0.05) is 13.6 Å². The number of nitrogens with one attached hydrogen (secondary N) is 2. The normalized spacial score (nSPS) is 20.0. The molecule has 2 aliphatic heterocycles. The lowest BCUT2D eigenvalue weighted by atomic mass is 10.1. The number of hydrogen-bond acceptors (Lipinski definition) is 7. The molecule has 2 N–H and O–H groups in total. The fourth-order valence-electron chi connectivity index (χ4n) is 3.75. The van der Waals surface area contributed by atoms with Crippen molar-refractivity contribution in [2.75, 3.05) is 13.6 Å². The molecule has 3 amide bonds. The molecule has 2 aliphatic rings. The molecule has 0 spiro atoms. The van der Waals surface area contributed by atoms with Gasteiger partial charge in [-0.05, 0) is 41.8 Å². The average molecular weight is 449 g/mol. The smallest absolute Gasteiger partial charge is 0.325 e. The molecule has 2 heterocycles. The minimum atomic E-state index is -0.568. The summed E-state index contributed by atoms with van der Waals surface area (Å²) in [6.45, 7) is 3.23. The van der Waals surface area contributed by atoms with E-state index in [4.69, 9.17) is 4.74 Å². The number of unbranched alkanes of at least 4 members (excludes halogenated alkanes) is 1. The maximum Gasteiger partial charge on any atom is 0.325 e. The number of fused-ring (bicyclic) bond motifs is 1. The first-order valence-electron chi connectivity index (χ1n) is 11.0. The number of rotatable bonds is 8. The van der Waals surface area contributed by atoms with Crippen molar-refractivity contribution in [3.05, 3.63) is 65.7 Å². The Hall–Kier alpha value is -3.88. The Morgan fingerprint density at radius 1 is 1.15 bits per heavy atom. The van der Waals surface area contributed by atoms with Crippen LogP contribution in [0, 0.1) is 0 Å². The number of urea groups is 1. The Morgan fingerprint density at radius 3 is 2.64 bits per heavy atom. The molecular formula is C24H28N6O3. The van der Waals surface area contributed by atoms with Gasteiger partial charge in [-0.15, -0.1) is 0 Å². The summed E-state index contributed by atoms with van der Waals surface area (Å²) in [6.07, 6.45) is 2.97. The molecule has 1 fully saturated rings. The van der Waals surface area contributed by atoms with Crippen molar-refractivity contribution in [2.45, 2.75) is 38.6 Å². The van der Waals surface area contributed by atoms with Gasteiger partial charge in [0.05, 0.1) is 6.21 Å². The highest BCUT2D eigenvalue weighted by Gasteiger charge is 2.48. The van der Waals surface area contributed by atoms with Gasteiger partial charge in [0.25, 0.3) is 5.91 Å². The monoisotopic (exact) mass is 448 g/mol. The standard InChI is InChI=1S/C24H28N6O3/c1-3-4-14-30-20-21(29(2)24(32)27-22(20)31)26-23(30)28-25-15-17-10-12-19(13-11-17)33-16-18-8-6-5-7-9-18/h5-13,15,20-21H,3-4,14,16H2,1-2H3,(H,26,28)(H,27,31,32)/b25-15+. The number of carbonyl (C=O) groups excluding carboxylic acids is 2. The number of ether oxygens (including phenoxy) is 1. The van der Waals surface area contributed by atoms with Gasteiger partial charge in [0.2, 0.25) is 5.96 Å². The highest BCUT2D eigenvalue weighted by molar-refractivity contribution is 6.03. The SMILES string of the molecule is CCCCN1C(N/N=C/c2ccc(OCc3ccccc3)cc2)=NC2C1C(=O)NC(=O)N2C. The zero-order chi connectivity index (χ0) is 23.2. The van der Waals surface area contributed by atoms with Crippen LogP contribution in [0.5, 0.6) is 5.75 Å². The second-order valence-electron chi connectivity index (χ2n) is 7.98. The number of amides is 3. The average Bonchev–Trinajstić information content (AvgIpc) is 3.20. The van der Waals surface area contributed by atoms with Gasteiger partial charge in [-0.1, -0.05) is 43.7 Å². The second-order valence-corrected chi connectivity index (χ2v) is 7.98. The molecule has 4 rings (SSSR count). The van der Waals surface area contributed by atoms with E-state index in [-0.39, 0.29) is 5.91 Å². The lowest BCUT2D eigenvalue weighted by Gasteiger charge is -2.36. The van der Waals surface area contributed by atoms with E-state index in [2.05, 4.69) is 27.8 Å². The number of hydrazone groups is 1. The summed E-state index contributed by atoms with van der Waals surface area (Å²) >= 11 is 0. The number of nitrogens with zero attached hydrogens (tertiary/aromatic N) is 4. The highest BCUT2D eigenvalue weighted by Crippen LogP contribution is 2.23. The van der Waals surface area contributed by atoms with Crippen molar-refractivity contribution < 1.29 is 14.3 Å². The lowest BCUT2D eigenvalue weighted by Crippen LogP contribution is -2.64. The van der Waals surface area contributed by atoms with E-state index in [1.807, 2.05) is 59.5 Å². The summed E-state index contributed by atoms with van der Waals surface area (Å²) < 4.78 is 5.81. The van der Waals surface area contributed by atoms with Crippen LogP contribution in [-0.4, -0.2) is 59.7 Å². The van der Waals surface area contributed by atoms with Crippen molar-refractivity contribution in [2.24, 2.45) is 10.1 Å². The van der Waals surface area contributed by atoms with E-state index in [0.29, 0.717) is 19.1 Å². The molecule has 2 atom stereocenters. The first kappa shape index (κ1) is 22.3. The van der Waals surface area contributed by atoms with Gasteiger partial charge in [-0.2, -0.15) is 5.10 Å². The summed E-state index contributed by atoms with van der Waals surface area (Å²) in [5.74, 6) is 0.918. The fourth-order valence-corrected chi connectivity index (χ4v) is 3.75. The first-order chi connectivity index (χ1) is 16.1. The van der Waals surface area contributed by atoms with Crippen LogP contribution in [0.3, 0.4) is 0 Å². The summed E-state index contributed by atoms with van der Waals surface area (Å²) in [6, 6.07) is 16.6. The second kappa shape index (κ2) is 10.2. The molecule has 2 aromatic carbocycles. The van der Waals surface area contributed by atoms with Gasteiger partial charge in [-0.25, -0.2) is 15.2 Å². The van der Waals surface area contributed by atoms with Gasteiger partial charge in [0.1, 0.15) is 12.4 Å². The van der Waals surface area contributed by atoms with Gasteiger partial charge >= 0.3 is 6.03 Å². The molecule has 0 aliphatic carbocycles. The molecule has 9 nitrogen and oxygen atoms in total. The maximum absolute atomic E-state index is 12.5. The Labute approximate surface area is 193 Å². The minimum Gasteiger partial charge on any atom is -0.489 e. The highest BCUT2D eigenvalue weighted by atomic mass is 16.5. The van der Waals surface area contributed by atoms with Crippen LogP contribution >= 0.6 is 0 Å². The number of carbonyl (C=O) groups is 2. The predicted octanol–water partition coefficient (Wildman–Crippen LogP) is 2.54. The summed E-state index contributed by atoms with van der Waals surface area (Å²) in [5, 5.41) is 6.70. The topological polar surface area (TPSA) is 98.6 Å². The van der Waals surface area contributed by atoms with E-state index < -0.39 is 18.2 Å². The number of benzene rings is 2. The Morgan fingerprint density at radius 2 is 1.91 bits per heavy atom. The molecule has 0 aromatic heterocycles. The molecule has 0 bridgehead atoms. The fraction of sp³-hybridized carbons (Fsp3) is 0.333. The van der Waals surface area contributed by atoms with Crippen LogP contribution in [-0.2, 0) is 11.4 Å². The van der Waals surface area contributed by atoms with Crippen molar-refractivity contribution >= 4 is 24.1 Å². The Kier molecular flexibility index (Phi) is 6.87. The molecule has 172 valence electrons. The van der Waals surface area contributed by atoms with Crippen LogP contribution in [0.15, 0.2) is 64.7 Å². The van der Waals surface area contributed by atoms with Crippen molar-refractivity contribution in [1.29, 1.82) is 0 Å². The van der Waals surface area contributed by atoms with Crippen LogP contribution in [0.4, 0.5) is 4.79 Å². The summed E-state index contributed by atoms with van der Waals surface area (Å²) in [7, 11) is 1.63. The molecule has 9 heteroatoms. The zero-order valence-corrected chi connectivity index (χ0v) is 18.8. The van der Waals surface area contributed by atoms with E-state index in [0.717, 1.165) is 29.7 Å². The van der Waals surface area contributed by atoms with E-state index in [1.54, 1.807) is 13.3 Å². The van der Waals surface area contributed by atoms with Crippen LogP contribution < -0.4 is 15.5 Å². The first-order valence-corrected chi connectivity index (χ1v) is 11.0. The molecule has 33 heavy (non-hydrogen) atoms. The number of likely N-dealkylation sites (N-methyl/N-ethyl adjacent to an activating group) is 1. The van der Waals surface area contributed by atoms with E-state index in [9.17, 15) is 9.59 Å². The minimum absolute atomic E-state index is 0.338. The molecule has 0 radical (unpaired) electrons. The largest absolute Gasteiger partial charge is 0.489 e. The van der Waals surface area contributed by atoms with Crippen molar-refractivity contribution in [3.63, 3.8) is 0 Å². The van der Waals surface area contributed by atoms with Gasteiger partial charge in [-0.3, -0.25) is 10.1 Å².